The van der Waals surface area contributed by atoms with Crippen molar-refractivity contribution in [3.05, 3.63) is 16.4 Å². The van der Waals surface area contributed by atoms with Gasteiger partial charge in [-0.2, -0.15) is 5.10 Å². The molecular weight excluding hydrogens is 306 g/mol. The van der Waals surface area contributed by atoms with Crippen LogP contribution in [0.25, 0.3) is 0 Å². The lowest BCUT2D eigenvalue weighted by Gasteiger charge is -2.28. The Bertz CT molecular complexity index is 375. The van der Waals surface area contributed by atoms with Gasteiger partial charge in [0.2, 0.25) is 0 Å². The molecule has 0 bridgehead atoms. The third-order valence-corrected chi connectivity index (χ3v) is 3.87. The van der Waals surface area contributed by atoms with Gasteiger partial charge in [0, 0.05) is 13.2 Å². The Hall–Kier alpha value is -0.390. The van der Waals surface area contributed by atoms with E-state index < -0.39 is 0 Å². The Morgan fingerprint density at radius 1 is 1.42 bits per heavy atom. The van der Waals surface area contributed by atoms with Gasteiger partial charge in [-0.15, -0.1) is 0 Å². The van der Waals surface area contributed by atoms with Gasteiger partial charge in [-0.3, -0.25) is 4.68 Å². The van der Waals surface area contributed by atoms with E-state index in [0.29, 0.717) is 6.04 Å². The molecule has 110 valence electrons. The molecule has 0 aliphatic rings. The van der Waals surface area contributed by atoms with E-state index in [-0.39, 0.29) is 12.1 Å². The van der Waals surface area contributed by atoms with E-state index in [1.807, 2.05) is 6.20 Å². The standard InChI is InChI=1S/C14H26BrN3O/c1-6-8-16-13(12(7-2)19-5)14-11(15)9-17-18(14)10(3)4/h9-10,12-13,16H,6-8H2,1-5H3. The van der Waals surface area contributed by atoms with Crippen LogP contribution in [0.5, 0.6) is 0 Å². The molecule has 4 nitrogen and oxygen atoms in total. The molecule has 5 heteroatoms. The van der Waals surface area contributed by atoms with Crippen molar-refractivity contribution in [3.63, 3.8) is 0 Å². The summed E-state index contributed by atoms with van der Waals surface area (Å²) < 4.78 is 8.76. The van der Waals surface area contributed by atoms with E-state index in [4.69, 9.17) is 4.74 Å². The lowest BCUT2D eigenvalue weighted by molar-refractivity contribution is 0.0616. The second kappa shape index (κ2) is 8.02. The number of methoxy groups -OCH3 is 1. The molecule has 19 heavy (non-hydrogen) atoms. The number of ether oxygens (including phenoxy) is 1. The van der Waals surface area contributed by atoms with Crippen molar-refractivity contribution in [2.24, 2.45) is 0 Å². The normalized spacial score (nSPS) is 14.9. The van der Waals surface area contributed by atoms with Crippen LogP contribution in [0.3, 0.4) is 0 Å². The second-order valence-corrected chi connectivity index (χ2v) is 5.88. The molecule has 2 unspecified atom stereocenters. The molecule has 1 rings (SSSR count). The Morgan fingerprint density at radius 2 is 2.11 bits per heavy atom. The predicted octanol–water partition coefficient (Wildman–Crippen LogP) is 3.69. The minimum atomic E-state index is 0.150. The summed E-state index contributed by atoms with van der Waals surface area (Å²) in [6, 6.07) is 0.496. The molecule has 1 aromatic heterocycles. The SMILES string of the molecule is CCCNC(c1c(Br)cnn1C(C)C)C(CC)OC. The fourth-order valence-electron chi connectivity index (χ4n) is 2.30. The highest BCUT2D eigenvalue weighted by atomic mass is 79.9. The summed E-state index contributed by atoms with van der Waals surface area (Å²) in [4.78, 5) is 0. The fourth-order valence-corrected chi connectivity index (χ4v) is 2.82. The van der Waals surface area contributed by atoms with Crippen molar-refractivity contribution in [2.45, 2.75) is 58.7 Å². The van der Waals surface area contributed by atoms with Crippen molar-refractivity contribution >= 4 is 15.9 Å². The number of hydrogen-bond acceptors (Lipinski definition) is 3. The van der Waals surface area contributed by atoms with Crippen LogP contribution < -0.4 is 5.32 Å². The monoisotopic (exact) mass is 331 g/mol. The van der Waals surface area contributed by atoms with Gasteiger partial charge in [-0.1, -0.05) is 13.8 Å². The summed E-state index contributed by atoms with van der Waals surface area (Å²) >= 11 is 3.63. The minimum absolute atomic E-state index is 0.150. The van der Waals surface area contributed by atoms with Gasteiger partial charge in [0.1, 0.15) is 0 Å². The van der Waals surface area contributed by atoms with E-state index in [1.54, 1.807) is 7.11 Å². The first-order chi connectivity index (χ1) is 9.06. The van der Waals surface area contributed by atoms with Gasteiger partial charge in [0.25, 0.3) is 0 Å². The summed E-state index contributed by atoms with van der Waals surface area (Å²) in [6.45, 7) is 9.59. The smallest absolute Gasteiger partial charge is 0.0779 e. The van der Waals surface area contributed by atoms with Crippen LogP contribution in [0.4, 0.5) is 0 Å². The Morgan fingerprint density at radius 3 is 2.58 bits per heavy atom. The molecule has 0 amide bonds. The molecule has 2 atom stereocenters. The summed E-state index contributed by atoms with van der Waals surface area (Å²) in [5.41, 5.74) is 1.18. The zero-order chi connectivity index (χ0) is 14.4. The maximum atomic E-state index is 5.65. The predicted molar refractivity (Wildman–Crippen MR) is 82.4 cm³/mol. The summed E-state index contributed by atoms with van der Waals surface area (Å²) in [5, 5.41) is 8.06. The lowest BCUT2D eigenvalue weighted by Crippen LogP contribution is -2.35. The van der Waals surface area contributed by atoms with Crippen LogP contribution in [-0.4, -0.2) is 29.5 Å². The third-order valence-electron chi connectivity index (χ3n) is 3.26. The highest BCUT2D eigenvalue weighted by Gasteiger charge is 2.27. The molecule has 0 saturated heterocycles. The summed E-state index contributed by atoms with van der Waals surface area (Å²) in [5.74, 6) is 0. The fraction of sp³-hybridized carbons (Fsp3) is 0.786. The number of halogens is 1. The van der Waals surface area contributed by atoms with E-state index in [2.05, 4.69) is 58.7 Å². The molecule has 1 heterocycles. The van der Waals surface area contributed by atoms with E-state index >= 15 is 0 Å². The number of hydrogen-bond donors (Lipinski definition) is 1. The number of rotatable bonds is 8. The van der Waals surface area contributed by atoms with Crippen molar-refractivity contribution in [3.8, 4) is 0 Å². The Labute approximate surface area is 125 Å². The van der Waals surface area contributed by atoms with Crippen molar-refractivity contribution in [2.75, 3.05) is 13.7 Å². The summed E-state index contributed by atoms with van der Waals surface area (Å²) in [7, 11) is 1.78. The van der Waals surface area contributed by atoms with Gasteiger partial charge >= 0.3 is 0 Å². The topological polar surface area (TPSA) is 39.1 Å². The van der Waals surface area contributed by atoms with E-state index in [0.717, 1.165) is 23.9 Å². The first-order valence-corrected chi connectivity index (χ1v) is 7.85. The summed E-state index contributed by atoms with van der Waals surface area (Å²) in [6.07, 6.45) is 4.09. The average molecular weight is 332 g/mol. The van der Waals surface area contributed by atoms with Gasteiger partial charge < -0.3 is 10.1 Å². The van der Waals surface area contributed by atoms with Crippen LogP contribution in [-0.2, 0) is 4.74 Å². The van der Waals surface area contributed by atoms with Crippen LogP contribution >= 0.6 is 15.9 Å². The molecule has 1 aromatic rings. The van der Waals surface area contributed by atoms with Gasteiger partial charge in [0.15, 0.2) is 0 Å². The van der Waals surface area contributed by atoms with E-state index in [1.165, 1.54) is 5.69 Å². The Balaban J connectivity index is 3.11. The Kier molecular flexibility index (Phi) is 7.04. The van der Waals surface area contributed by atoms with Crippen LogP contribution in [0.2, 0.25) is 0 Å². The molecular formula is C14H26BrN3O. The third kappa shape index (κ3) is 4.04. The lowest BCUT2D eigenvalue weighted by atomic mass is 10.0. The van der Waals surface area contributed by atoms with Crippen LogP contribution in [0, 0.1) is 0 Å². The molecule has 0 saturated carbocycles. The number of nitrogens with one attached hydrogen (secondary N) is 1. The molecule has 0 spiro atoms. The molecule has 0 aliphatic heterocycles. The quantitative estimate of drug-likeness (QED) is 0.789. The average Bonchev–Trinajstić information content (AvgIpc) is 2.76. The maximum Gasteiger partial charge on any atom is 0.0779 e. The van der Waals surface area contributed by atoms with Crippen molar-refractivity contribution in [1.82, 2.24) is 15.1 Å². The van der Waals surface area contributed by atoms with Gasteiger partial charge in [0.05, 0.1) is 28.5 Å². The van der Waals surface area contributed by atoms with Crippen LogP contribution in [0.1, 0.15) is 58.3 Å². The second-order valence-electron chi connectivity index (χ2n) is 5.03. The molecule has 0 radical (unpaired) electrons. The van der Waals surface area contributed by atoms with Gasteiger partial charge in [-0.25, -0.2) is 0 Å². The minimum Gasteiger partial charge on any atom is -0.379 e. The zero-order valence-corrected chi connectivity index (χ0v) is 14.2. The molecule has 1 N–H and O–H groups in total. The van der Waals surface area contributed by atoms with E-state index in [9.17, 15) is 0 Å². The maximum absolute atomic E-state index is 5.65. The van der Waals surface area contributed by atoms with Gasteiger partial charge in [-0.05, 0) is 49.2 Å². The highest BCUT2D eigenvalue weighted by Crippen LogP contribution is 2.30. The molecule has 0 aromatic carbocycles. The number of aromatic nitrogens is 2. The van der Waals surface area contributed by atoms with Crippen LogP contribution in [0.15, 0.2) is 10.7 Å². The highest BCUT2D eigenvalue weighted by molar-refractivity contribution is 9.10. The molecule has 0 fully saturated rings. The van der Waals surface area contributed by atoms with Crippen molar-refractivity contribution < 1.29 is 4.74 Å². The largest absolute Gasteiger partial charge is 0.379 e. The molecule has 0 aliphatic carbocycles. The number of nitrogens with zero attached hydrogens (tertiary/aromatic N) is 2. The zero-order valence-electron chi connectivity index (χ0n) is 12.6. The first kappa shape index (κ1) is 16.7. The van der Waals surface area contributed by atoms with Crippen molar-refractivity contribution in [1.29, 1.82) is 0 Å². The first-order valence-electron chi connectivity index (χ1n) is 7.05.